The smallest absolute Gasteiger partial charge is 0.341 e. The minimum atomic E-state index is 0.250. The Bertz CT molecular complexity index is 432. The molecule has 0 aliphatic carbocycles. The zero-order chi connectivity index (χ0) is 13.8. The van der Waals surface area contributed by atoms with E-state index in [0.717, 1.165) is 18.7 Å². The van der Waals surface area contributed by atoms with Crippen molar-refractivity contribution in [1.82, 2.24) is 15.2 Å². The summed E-state index contributed by atoms with van der Waals surface area (Å²) in [6, 6.07) is 9.78. The van der Waals surface area contributed by atoms with Crippen molar-refractivity contribution in [3.63, 3.8) is 0 Å². The van der Waals surface area contributed by atoms with Gasteiger partial charge in [-0.15, -0.1) is 5.10 Å². The molecule has 0 atom stereocenters. The van der Waals surface area contributed by atoms with E-state index in [-0.39, 0.29) is 6.33 Å². The topological polar surface area (TPSA) is 71.0 Å². The van der Waals surface area contributed by atoms with Crippen LogP contribution in [-0.4, -0.2) is 27.4 Å². The Labute approximate surface area is 105 Å². The maximum atomic E-state index is 10.1. The molecule has 0 amide bonds. The van der Waals surface area contributed by atoms with Gasteiger partial charge in [-0.05, 0) is 19.1 Å². The Morgan fingerprint density at radius 1 is 1.33 bits per heavy atom. The molecular weight excluding hydrogens is 237 g/mol. The van der Waals surface area contributed by atoms with Crippen LogP contribution >= 0.6 is 0 Å². The highest BCUT2D eigenvalue weighted by molar-refractivity contribution is 5.23. The minimum absolute atomic E-state index is 0.250. The Morgan fingerprint density at radius 2 is 1.89 bits per heavy atom. The zero-order valence-corrected chi connectivity index (χ0v) is 10.3. The average Bonchev–Trinajstić information content (AvgIpc) is 2.80. The summed E-state index contributed by atoms with van der Waals surface area (Å²) in [4.78, 5) is 4.02. The van der Waals surface area contributed by atoms with Crippen LogP contribution in [0.5, 0.6) is 11.8 Å². The fraction of sp³-hybridized carbons (Fsp3) is 0.167. The van der Waals surface area contributed by atoms with Crippen LogP contribution < -0.4 is 4.74 Å². The van der Waals surface area contributed by atoms with Crippen molar-refractivity contribution in [2.24, 2.45) is 0 Å². The molecule has 0 fully saturated rings. The third-order valence-electron chi connectivity index (χ3n) is 1.53. The van der Waals surface area contributed by atoms with Gasteiger partial charge < -0.3 is 9.84 Å². The summed E-state index contributed by atoms with van der Waals surface area (Å²) >= 11 is 0. The fourth-order valence-corrected chi connectivity index (χ4v) is 0.962. The molecule has 98 valence electrons. The Kier molecular flexibility index (Phi) is 8.75. The number of benzene rings is 1. The van der Waals surface area contributed by atoms with E-state index in [1.165, 1.54) is 0 Å². The number of aromatic amines is 1. The minimum Gasteiger partial charge on any atom is -0.423 e. The third-order valence-corrected chi connectivity index (χ3v) is 1.53. The van der Waals surface area contributed by atoms with Gasteiger partial charge in [0, 0.05) is 7.11 Å². The second-order valence-electron chi connectivity index (χ2n) is 2.77. The normalized spacial score (nSPS) is 8.22. The van der Waals surface area contributed by atoms with E-state index < -0.39 is 0 Å². The summed E-state index contributed by atoms with van der Waals surface area (Å²) in [6.45, 7) is 4.52. The van der Waals surface area contributed by atoms with E-state index >= 15 is 0 Å². The molecule has 2 N–H and O–H groups in total. The molecule has 6 heteroatoms. The van der Waals surface area contributed by atoms with Gasteiger partial charge in [-0.3, -0.25) is 5.10 Å². The van der Waals surface area contributed by atoms with Gasteiger partial charge in [0.1, 0.15) is 11.6 Å². The van der Waals surface area contributed by atoms with Gasteiger partial charge in [0.25, 0.3) is 0 Å². The number of nitrogens with one attached hydrogen (secondary N) is 1. The predicted octanol–water partition coefficient (Wildman–Crippen LogP) is 2.61. The van der Waals surface area contributed by atoms with Gasteiger partial charge in [0.2, 0.25) is 0 Å². The largest absolute Gasteiger partial charge is 0.423 e. The molecule has 2 aromatic rings. The predicted molar refractivity (Wildman–Crippen MR) is 67.1 cm³/mol. The van der Waals surface area contributed by atoms with Gasteiger partial charge >= 0.3 is 6.01 Å². The number of para-hydroxylation sites is 1. The summed E-state index contributed by atoms with van der Waals surface area (Å²) in [5, 5.41) is 13.6. The van der Waals surface area contributed by atoms with E-state index in [4.69, 9.17) is 9.84 Å². The standard InChI is InChI=1S/C9H9N3O.C2H3F.CH4O/c1-7-10-9(12-11-7)13-8-5-3-2-4-6-8;1-2-3;1-2/h2-6H,1H3,(H,10,11,12);2H,1H2;2H,1H3. The second-order valence-corrected chi connectivity index (χ2v) is 2.77. The number of aliphatic hydroxyl groups excluding tert-OH is 1. The average molecular weight is 253 g/mol. The Balaban J connectivity index is 0.000000509. The number of rotatable bonds is 2. The lowest BCUT2D eigenvalue weighted by molar-refractivity contribution is 0.399. The lowest BCUT2D eigenvalue weighted by Gasteiger charge is -1.97. The van der Waals surface area contributed by atoms with Gasteiger partial charge in [-0.1, -0.05) is 24.8 Å². The highest BCUT2D eigenvalue weighted by atomic mass is 19.1. The third kappa shape index (κ3) is 6.39. The van der Waals surface area contributed by atoms with Crippen molar-refractivity contribution in [3.8, 4) is 11.8 Å². The van der Waals surface area contributed by atoms with Gasteiger partial charge in [0.15, 0.2) is 0 Å². The molecule has 2 rings (SSSR count). The molecular formula is C12H16FN3O2. The SMILES string of the molecule is C=CF.CO.Cc1nc(Oc2ccccc2)n[nH]1. The van der Waals surface area contributed by atoms with Crippen molar-refractivity contribution >= 4 is 0 Å². The summed E-state index contributed by atoms with van der Waals surface area (Å²) in [7, 11) is 1.00. The van der Waals surface area contributed by atoms with E-state index in [2.05, 4.69) is 21.8 Å². The van der Waals surface area contributed by atoms with Crippen LogP contribution in [0.3, 0.4) is 0 Å². The molecule has 0 saturated carbocycles. The van der Waals surface area contributed by atoms with Crippen LogP contribution in [-0.2, 0) is 0 Å². The molecule has 1 heterocycles. The summed E-state index contributed by atoms with van der Waals surface area (Å²) in [5.74, 6) is 1.48. The van der Waals surface area contributed by atoms with Crippen LogP contribution in [0.4, 0.5) is 4.39 Å². The van der Waals surface area contributed by atoms with Crippen molar-refractivity contribution < 1.29 is 14.2 Å². The first-order valence-corrected chi connectivity index (χ1v) is 5.04. The molecule has 1 aromatic carbocycles. The number of ether oxygens (including phenoxy) is 1. The van der Waals surface area contributed by atoms with Crippen molar-refractivity contribution in [1.29, 1.82) is 0 Å². The van der Waals surface area contributed by atoms with Gasteiger partial charge in [0.05, 0.1) is 6.33 Å². The summed E-state index contributed by atoms with van der Waals surface area (Å²) in [5.41, 5.74) is 0. The highest BCUT2D eigenvalue weighted by Crippen LogP contribution is 2.15. The Morgan fingerprint density at radius 3 is 2.33 bits per heavy atom. The fourth-order valence-electron chi connectivity index (χ4n) is 0.962. The lowest BCUT2D eigenvalue weighted by Crippen LogP contribution is -1.85. The number of hydrogen-bond donors (Lipinski definition) is 2. The first kappa shape index (κ1) is 15.8. The second kappa shape index (κ2) is 9.98. The van der Waals surface area contributed by atoms with Gasteiger partial charge in [-0.2, -0.15) is 4.98 Å². The molecule has 0 radical (unpaired) electrons. The molecule has 0 saturated heterocycles. The number of H-pyrrole nitrogens is 1. The van der Waals surface area contributed by atoms with Crippen LogP contribution in [0.25, 0.3) is 0 Å². The lowest BCUT2D eigenvalue weighted by atomic mass is 10.3. The van der Waals surface area contributed by atoms with Gasteiger partial charge in [-0.25, -0.2) is 4.39 Å². The monoisotopic (exact) mass is 253 g/mol. The molecule has 5 nitrogen and oxygen atoms in total. The maximum absolute atomic E-state index is 10.1. The molecule has 18 heavy (non-hydrogen) atoms. The number of halogens is 1. The molecule has 0 unspecified atom stereocenters. The van der Waals surface area contributed by atoms with E-state index in [1.54, 1.807) is 0 Å². The van der Waals surface area contributed by atoms with Crippen molar-refractivity contribution in [3.05, 3.63) is 49.1 Å². The summed E-state index contributed by atoms with van der Waals surface area (Å²) in [6.07, 6.45) is 0.250. The zero-order valence-electron chi connectivity index (χ0n) is 10.3. The van der Waals surface area contributed by atoms with E-state index in [1.807, 2.05) is 37.3 Å². The molecule has 0 aliphatic heterocycles. The first-order chi connectivity index (χ1) is 8.76. The van der Waals surface area contributed by atoms with Crippen molar-refractivity contribution in [2.45, 2.75) is 6.92 Å². The molecule has 0 bridgehead atoms. The number of nitrogens with zero attached hydrogens (tertiary/aromatic N) is 2. The molecule has 0 aliphatic rings. The first-order valence-electron chi connectivity index (χ1n) is 5.04. The Hall–Kier alpha value is -2.21. The van der Waals surface area contributed by atoms with Crippen LogP contribution in [0.2, 0.25) is 0 Å². The van der Waals surface area contributed by atoms with Crippen molar-refractivity contribution in [2.75, 3.05) is 7.11 Å². The van der Waals surface area contributed by atoms with Crippen LogP contribution in [0.1, 0.15) is 5.82 Å². The van der Waals surface area contributed by atoms with Crippen LogP contribution in [0.15, 0.2) is 43.2 Å². The number of aryl methyl sites for hydroxylation is 1. The number of hydrogen-bond acceptors (Lipinski definition) is 4. The summed E-state index contributed by atoms with van der Waals surface area (Å²) < 4.78 is 15.4. The molecule has 0 spiro atoms. The maximum Gasteiger partial charge on any atom is 0.341 e. The van der Waals surface area contributed by atoms with Crippen LogP contribution in [0, 0.1) is 6.92 Å². The number of aromatic nitrogens is 3. The molecule has 1 aromatic heterocycles. The van der Waals surface area contributed by atoms with E-state index in [0.29, 0.717) is 6.01 Å². The quantitative estimate of drug-likeness (QED) is 0.863. The van der Waals surface area contributed by atoms with E-state index in [9.17, 15) is 4.39 Å². The number of aliphatic hydroxyl groups is 1. The highest BCUT2D eigenvalue weighted by Gasteiger charge is 2.00.